The van der Waals surface area contributed by atoms with Crippen LogP contribution in [0.15, 0.2) is 30.3 Å². The Labute approximate surface area is 112 Å². The molecular weight excluding hydrogens is 246 g/mol. The van der Waals surface area contributed by atoms with Crippen molar-refractivity contribution < 1.29 is 4.79 Å². The van der Waals surface area contributed by atoms with Crippen molar-refractivity contribution >= 4 is 28.9 Å². The van der Waals surface area contributed by atoms with E-state index in [1.54, 1.807) is 0 Å². The van der Waals surface area contributed by atoms with Gasteiger partial charge in [-0.05, 0) is 30.8 Å². The molecule has 2 rings (SSSR count). The lowest BCUT2D eigenvalue weighted by Gasteiger charge is -2.36. The number of hydrogen-bond acceptors (Lipinski definition) is 2. The second-order valence-electron chi connectivity index (χ2n) is 4.20. The van der Waals surface area contributed by atoms with Gasteiger partial charge in [-0.15, -0.1) is 0 Å². The second-order valence-corrected chi connectivity index (χ2v) is 4.59. The number of rotatable bonds is 2. The third kappa shape index (κ3) is 2.79. The monoisotopic (exact) mass is 263 g/mol. The van der Waals surface area contributed by atoms with Gasteiger partial charge in [0.05, 0.1) is 0 Å². The molecule has 0 saturated carbocycles. The van der Waals surface area contributed by atoms with Crippen LogP contribution in [0.2, 0.25) is 0 Å². The van der Waals surface area contributed by atoms with Gasteiger partial charge in [-0.1, -0.05) is 25.1 Å². The van der Waals surface area contributed by atoms with E-state index >= 15 is 0 Å². The second kappa shape index (κ2) is 5.82. The Balaban J connectivity index is 2.05. The van der Waals surface area contributed by atoms with Gasteiger partial charge in [-0.2, -0.15) is 0 Å². The predicted octanol–water partition coefficient (Wildman–Crippen LogP) is 1.59. The minimum absolute atomic E-state index is 0.0564. The standard InChI is InChI=1S/C13H17N3OS/c1-2-11-12(17)14-8-9-16(11)13(18)15-10-6-4-3-5-7-10/h3-7,11H,2,8-9H2,1H3,(H,14,17)(H,15,18). The number of nitrogens with one attached hydrogen (secondary N) is 2. The molecule has 1 saturated heterocycles. The number of amides is 1. The topological polar surface area (TPSA) is 44.4 Å². The van der Waals surface area contributed by atoms with Crippen LogP contribution in [-0.2, 0) is 4.79 Å². The van der Waals surface area contributed by atoms with Crippen molar-refractivity contribution in [2.45, 2.75) is 19.4 Å². The van der Waals surface area contributed by atoms with Gasteiger partial charge in [0.2, 0.25) is 5.91 Å². The summed E-state index contributed by atoms with van der Waals surface area (Å²) in [5, 5.41) is 6.65. The Bertz CT molecular complexity index is 435. The lowest BCUT2D eigenvalue weighted by atomic mass is 10.1. The van der Waals surface area contributed by atoms with E-state index in [1.165, 1.54) is 0 Å². The summed E-state index contributed by atoms with van der Waals surface area (Å²) in [7, 11) is 0. The maximum Gasteiger partial charge on any atom is 0.242 e. The van der Waals surface area contributed by atoms with Crippen LogP contribution in [0, 0.1) is 0 Å². The molecule has 0 radical (unpaired) electrons. The molecule has 1 atom stereocenters. The molecule has 1 unspecified atom stereocenters. The zero-order chi connectivity index (χ0) is 13.0. The first kappa shape index (κ1) is 12.8. The van der Waals surface area contributed by atoms with E-state index in [-0.39, 0.29) is 11.9 Å². The Hall–Kier alpha value is -1.62. The van der Waals surface area contributed by atoms with E-state index in [0.717, 1.165) is 18.7 Å². The molecule has 2 N–H and O–H groups in total. The van der Waals surface area contributed by atoms with Crippen molar-refractivity contribution in [3.8, 4) is 0 Å². The highest BCUT2D eigenvalue weighted by Gasteiger charge is 2.29. The zero-order valence-electron chi connectivity index (χ0n) is 10.3. The van der Waals surface area contributed by atoms with Crippen LogP contribution >= 0.6 is 12.2 Å². The van der Waals surface area contributed by atoms with E-state index in [1.807, 2.05) is 42.2 Å². The highest BCUT2D eigenvalue weighted by molar-refractivity contribution is 7.80. The molecule has 1 aliphatic heterocycles. The Kier molecular flexibility index (Phi) is 4.15. The van der Waals surface area contributed by atoms with Crippen LogP contribution in [-0.4, -0.2) is 35.1 Å². The Morgan fingerprint density at radius 3 is 2.89 bits per heavy atom. The molecule has 0 bridgehead atoms. The summed E-state index contributed by atoms with van der Waals surface area (Å²) in [5.41, 5.74) is 0.948. The maximum atomic E-state index is 11.8. The summed E-state index contributed by atoms with van der Waals surface area (Å²) < 4.78 is 0. The first-order valence-electron chi connectivity index (χ1n) is 6.12. The Morgan fingerprint density at radius 1 is 1.50 bits per heavy atom. The van der Waals surface area contributed by atoms with Gasteiger partial charge >= 0.3 is 0 Å². The molecule has 1 fully saturated rings. The smallest absolute Gasteiger partial charge is 0.242 e. The predicted molar refractivity (Wildman–Crippen MR) is 76.5 cm³/mol. The summed E-state index contributed by atoms with van der Waals surface area (Å²) in [6.07, 6.45) is 0.752. The number of para-hydroxylation sites is 1. The van der Waals surface area contributed by atoms with Crippen molar-refractivity contribution in [2.24, 2.45) is 0 Å². The normalized spacial score (nSPS) is 19.3. The molecule has 1 heterocycles. The fourth-order valence-electron chi connectivity index (χ4n) is 2.08. The molecule has 0 spiro atoms. The van der Waals surface area contributed by atoms with Crippen molar-refractivity contribution in [3.05, 3.63) is 30.3 Å². The van der Waals surface area contributed by atoms with Crippen LogP contribution in [0.3, 0.4) is 0 Å². The van der Waals surface area contributed by atoms with Crippen molar-refractivity contribution in [3.63, 3.8) is 0 Å². The SMILES string of the molecule is CCC1C(=O)NCCN1C(=S)Nc1ccccc1. The van der Waals surface area contributed by atoms with Crippen molar-refractivity contribution in [2.75, 3.05) is 18.4 Å². The van der Waals surface area contributed by atoms with Crippen molar-refractivity contribution in [1.29, 1.82) is 0 Å². The molecule has 18 heavy (non-hydrogen) atoms. The number of benzene rings is 1. The quantitative estimate of drug-likeness (QED) is 0.795. The van der Waals surface area contributed by atoms with Crippen LogP contribution in [0.25, 0.3) is 0 Å². The average Bonchev–Trinajstić information content (AvgIpc) is 2.39. The minimum Gasteiger partial charge on any atom is -0.353 e. The number of nitrogens with zero attached hydrogens (tertiary/aromatic N) is 1. The summed E-state index contributed by atoms with van der Waals surface area (Å²) in [5.74, 6) is 0.0564. The van der Waals surface area contributed by atoms with E-state index in [9.17, 15) is 4.79 Å². The van der Waals surface area contributed by atoms with E-state index in [4.69, 9.17) is 12.2 Å². The Morgan fingerprint density at radius 2 is 2.22 bits per heavy atom. The van der Waals surface area contributed by atoms with E-state index < -0.39 is 0 Å². The largest absolute Gasteiger partial charge is 0.353 e. The highest BCUT2D eigenvalue weighted by atomic mass is 32.1. The highest BCUT2D eigenvalue weighted by Crippen LogP contribution is 2.12. The van der Waals surface area contributed by atoms with Crippen molar-refractivity contribution in [1.82, 2.24) is 10.2 Å². The lowest BCUT2D eigenvalue weighted by molar-refractivity contribution is -0.127. The van der Waals surface area contributed by atoms with Crippen LogP contribution in [0.5, 0.6) is 0 Å². The van der Waals surface area contributed by atoms with Gasteiger partial charge in [0.15, 0.2) is 5.11 Å². The summed E-state index contributed by atoms with van der Waals surface area (Å²) in [4.78, 5) is 13.7. The number of thiocarbonyl (C=S) groups is 1. The molecule has 0 aromatic heterocycles. The molecule has 0 aliphatic carbocycles. The summed E-state index contributed by atoms with van der Waals surface area (Å²) in [6, 6.07) is 9.60. The van der Waals surface area contributed by atoms with Gasteiger partial charge in [0, 0.05) is 18.8 Å². The van der Waals surface area contributed by atoms with Gasteiger partial charge in [0.1, 0.15) is 6.04 Å². The molecular formula is C13H17N3OS. The molecule has 1 aliphatic rings. The molecule has 1 aromatic rings. The van der Waals surface area contributed by atoms with Crippen LogP contribution in [0.1, 0.15) is 13.3 Å². The molecule has 1 amide bonds. The maximum absolute atomic E-state index is 11.8. The van der Waals surface area contributed by atoms with Crippen LogP contribution in [0.4, 0.5) is 5.69 Å². The van der Waals surface area contributed by atoms with E-state index in [0.29, 0.717) is 11.7 Å². The molecule has 5 heteroatoms. The average molecular weight is 263 g/mol. The summed E-state index contributed by atoms with van der Waals surface area (Å²) >= 11 is 5.39. The third-order valence-corrected chi connectivity index (χ3v) is 3.34. The summed E-state index contributed by atoms with van der Waals surface area (Å²) in [6.45, 7) is 3.39. The fraction of sp³-hybridized carbons (Fsp3) is 0.385. The molecule has 4 nitrogen and oxygen atoms in total. The molecule has 96 valence electrons. The van der Waals surface area contributed by atoms with Gasteiger partial charge in [0.25, 0.3) is 0 Å². The number of piperazine rings is 1. The number of carbonyl (C=O) groups is 1. The third-order valence-electron chi connectivity index (χ3n) is 3.00. The van der Waals surface area contributed by atoms with E-state index in [2.05, 4.69) is 10.6 Å². The van der Waals surface area contributed by atoms with Crippen LogP contribution < -0.4 is 10.6 Å². The first-order chi connectivity index (χ1) is 8.72. The minimum atomic E-state index is -0.164. The number of carbonyl (C=O) groups excluding carboxylic acids is 1. The first-order valence-corrected chi connectivity index (χ1v) is 6.53. The fourth-order valence-corrected chi connectivity index (χ4v) is 2.42. The number of hydrogen-bond donors (Lipinski definition) is 2. The zero-order valence-corrected chi connectivity index (χ0v) is 11.2. The van der Waals surface area contributed by atoms with Gasteiger partial charge in [-0.3, -0.25) is 4.79 Å². The molecule has 1 aromatic carbocycles. The van der Waals surface area contributed by atoms with Gasteiger partial charge < -0.3 is 15.5 Å². The van der Waals surface area contributed by atoms with Gasteiger partial charge in [-0.25, -0.2) is 0 Å². The number of anilines is 1. The lowest BCUT2D eigenvalue weighted by Crippen LogP contribution is -2.57.